The lowest BCUT2D eigenvalue weighted by Crippen LogP contribution is -2.37. The molecule has 0 radical (unpaired) electrons. The zero-order chi connectivity index (χ0) is 16.6. The Balaban J connectivity index is 1.78. The fourth-order valence-electron chi connectivity index (χ4n) is 3.04. The highest BCUT2D eigenvalue weighted by molar-refractivity contribution is 5.92. The number of nitrogens with one attached hydrogen (secondary N) is 1. The maximum atomic E-state index is 12.4. The van der Waals surface area contributed by atoms with Crippen molar-refractivity contribution in [3.05, 3.63) is 34.8 Å². The Morgan fingerprint density at radius 1 is 1.48 bits per heavy atom. The molecule has 2 atom stereocenters. The highest BCUT2D eigenvalue weighted by atomic mass is 16.5. The highest BCUT2D eigenvalue weighted by Crippen LogP contribution is 2.33. The van der Waals surface area contributed by atoms with Crippen molar-refractivity contribution in [1.82, 2.24) is 20.1 Å². The van der Waals surface area contributed by atoms with Crippen molar-refractivity contribution < 1.29 is 13.9 Å². The molecule has 0 saturated carbocycles. The molecule has 1 fully saturated rings. The Bertz CT molecular complexity index is 719. The van der Waals surface area contributed by atoms with Gasteiger partial charge in [-0.1, -0.05) is 6.92 Å². The van der Waals surface area contributed by atoms with Crippen molar-refractivity contribution in [3.63, 3.8) is 0 Å². The third-order valence-electron chi connectivity index (χ3n) is 4.34. The summed E-state index contributed by atoms with van der Waals surface area (Å²) in [5.74, 6) is 0.335. The summed E-state index contributed by atoms with van der Waals surface area (Å²) in [7, 11) is 1.91. The first kappa shape index (κ1) is 15.7. The molecule has 0 spiro atoms. The average molecular weight is 318 g/mol. The molecule has 1 N–H and O–H groups in total. The molecule has 0 aliphatic carbocycles. The summed E-state index contributed by atoms with van der Waals surface area (Å²) >= 11 is 0. The third kappa shape index (κ3) is 2.88. The number of amides is 1. The lowest BCUT2D eigenvalue weighted by atomic mass is 10.00. The lowest BCUT2D eigenvalue weighted by Gasteiger charge is -2.20. The van der Waals surface area contributed by atoms with E-state index in [9.17, 15) is 4.79 Å². The van der Waals surface area contributed by atoms with Crippen molar-refractivity contribution in [2.24, 2.45) is 7.05 Å². The fraction of sp³-hybridized carbons (Fsp3) is 0.562. The number of carbonyl (C=O) groups is 1. The van der Waals surface area contributed by atoms with Gasteiger partial charge < -0.3 is 14.5 Å². The molecule has 23 heavy (non-hydrogen) atoms. The van der Waals surface area contributed by atoms with Crippen LogP contribution in [0.25, 0.3) is 0 Å². The second-order valence-corrected chi connectivity index (χ2v) is 5.85. The molecule has 0 bridgehead atoms. The van der Waals surface area contributed by atoms with Gasteiger partial charge in [0.1, 0.15) is 12.4 Å². The number of aryl methyl sites for hydroxylation is 3. The zero-order valence-corrected chi connectivity index (χ0v) is 13.9. The van der Waals surface area contributed by atoms with Gasteiger partial charge in [-0.3, -0.25) is 9.48 Å². The van der Waals surface area contributed by atoms with Gasteiger partial charge in [0.05, 0.1) is 11.7 Å². The Kier molecular flexibility index (Phi) is 4.21. The largest absolute Gasteiger partial charge is 0.448 e. The Morgan fingerprint density at radius 3 is 2.87 bits per heavy atom. The summed E-state index contributed by atoms with van der Waals surface area (Å²) in [6.45, 7) is 6.53. The van der Waals surface area contributed by atoms with Crippen molar-refractivity contribution in [2.75, 3.05) is 6.61 Å². The van der Waals surface area contributed by atoms with Crippen LogP contribution in [-0.4, -0.2) is 33.3 Å². The molecule has 124 valence electrons. The average Bonchev–Trinajstić information content (AvgIpc) is 3.21. The van der Waals surface area contributed by atoms with E-state index in [0.29, 0.717) is 24.6 Å². The van der Waals surface area contributed by atoms with Crippen molar-refractivity contribution in [2.45, 2.75) is 45.8 Å². The van der Waals surface area contributed by atoms with Gasteiger partial charge in [-0.05, 0) is 20.3 Å². The van der Waals surface area contributed by atoms with E-state index in [1.807, 2.05) is 32.5 Å². The number of oxazole rings is 1. The van der Waals surface area contributed by atoms with Gasteiger partial charge in [-0.15, -0.1) is 0 Å². The zero-order valence-electron chi connectivity index (χ0n) is 13.9. The third-order valence-corrected chi connectivity index (χ3v) is 4.34. The van der Waals surface area contributed by atoms with Crippen LogP contribution in [0.2, 0.25) is 0 Å². The molecular weight excluding hydrogens is 296 g/mol. The minimum atomic E-state index is -0.229. The second kappa shape index (κ2) is 6.16. The van der Waals surface area contributed by atoms with Crippen molar-refractivity contribution in [1.29, 1.82) is 0 Å². The van der Waals surface area contributed by atoms with Gasteiger partial charge in [0, 0.05) is 31.3 Å². The van der Waals surface area contributed by atoms with Gasteiger partial charge in [-0.2, -0.15) is 5.10 Å². The Labute approximate surface area is 135 Å². The van der Waals surface area contributed by atoms with E-state index >= 15 is 0 Å². The first-order valence-electron chi connectivity index (χ1n) is 7.88. The van der Waals surface area contributed by atoms with Gasteiger partial charge in [-0.25, -0.2) is 4.98 Å². The molecular formula is C16H22N4O3. The monoisotopic (exact) mass is 318 g/mol. The minimum Gasteiger partial charge on any atom is -0.448 e. The quantitative estimate of drug-likeness (QED) is 0.930. The number of hydrogen-bond donors (Lipinski definition) is 1. The summed E-state index contributed by atoms with van der Waals surface area (Å²) in [5.41, 5.74) is 3.37. The maximum Gasteiger partial charge on any atom is 0.273 e. The number of hydrogen-bond acceptors (Lipinski definition) is 5. The smallest absolute Gasteiger partial charge is 0.273 e. The molecule has 1 aliphatic heterocycles. The maximum absolute atomic E-state index is 12.4. The summed E-state index contributed by atoms with van der Waals surface area (Å²) in [4.78, 5) is 16.5. The van der Waals surface area contributed by atoms with Crippen molar-refractivity contribution >= 4 is 5.91 Å². The SMILES string of the molecule is CCc1nc(C(=O)N[C@H]2CCO[C@@H]2c2c(C)nn(C)c2C)co1. The van der Waals surface area contributed by atoms with Crippen LogP contribution in [0.15, 0.2) is 10.7 Å². The van der Waals surface area contributed by atoms with Crippen LogP contribution in [0.4, 0.5) is 0 Å². The molecule has 7 nitrogen and oxygen atoms in total. The lowest BCUT2D eigenvalue weighted by molar-refractivity contribution is 0.0813. The standard InChI is InChI=1S/C16H22N4O3/c1-5-13-17-12(8-23-13)16(21)18-11-6-7-22-15(11)14-9(2)19-20(4)10(14)3/h8,11,15H,5-7H2,1-4H3,(H,18,21)/t11-,15-/m0/s1. The highest BCUT2D eigenvalue weighted by Gasteiger charge is 2.35. The number of nitrogens with zero attached hydrogens (tertiary/aromatic N) is 3. The molecule has 0 aromatic carbocycles. The first-order chi connectivity index (χ1) is 11.0. The summed E-state index contributed by atoms with van der Waals surface area (Å²) < 4.78 is 13.0. The van der Waals surface area contributed by atoms with Crippen LogP contribution in [0, 0.1) is 13.8 Å². The van der Waals surface area contributed by atoms with Gasteiger partial charge >= 0.3 is 0 Å². The van der Waals surface area contributed by atoms with Crippen LogP contribution >= 0.6 is 0 Å². The second-order valence-electron chi connectivity index (χ2n) is 5.85. The van der Waals surface area contributed by atoms with E-state index in [1.54, 1.807) is 0 Å². The van der Waals surface area contributed by atoms with E-state index in [-0.39, 0.29) is 18.1 Å². The van der Waals surface area contributed by atoms with E-state index in [0.717, 1.165) is 23.4 Å². The van der Waals surface area contributed by atoms with E-state index in [1.165, 1.54) is 6.26 Å². The topological polar surface area (TPSA) is 82.2 Å². The minimum absolute atomic E-state index is 0.0918. The number of ether oxygens (including phenoxy) is 1. The summed E-state index contributed by atoms with van der Waals surface area (Å²) in [6.07, 6.45) is 2.66. The predicted octanol–water partition coefficient (Wildman–Crippen LogP) is 1.85. The predicted molar refractivity (Wildman–Crippen MR) is 83.1 cm³/mol. The van der Waals surface area contributed by atoms with Crippen molar-refractivity contribution in [3.8, 4) is 0 Å². The van der Waals surface area contributed by atoms with Gasteiger partial charge in [0.2, 0.25) is 0 Å². The molecule has 1 aliphatic rings. The summed E-state index contributed by atoms with van der Waals surface area (Å²) in [5, 5.41) is 7.46. The van der Waals surface area contributed by atoms with Crippen LogP contribution in [0.3, 0.4) is 0 Å². The molecule has 3 rings (SSSR count). The molecule has 1 saturated heterocycles. The number of rotatable bonds is 4. The van der Waals surface area contributed by atoms with Crippen LogP contribution in [-0.2, 0) is 18.2 Å². The Morgan fingerprint density at radius 2 is 2.26 bits per heavy atom. The number of aromatic nitrogens is 3. The van der Waals surface area contributed by atoms with E-state index in [4.69, 9.17) is 9.15 Å². The Hall–Kier alpha value is -2.15. The first-order valence-corrected chi connectivity index (χ1v) is 7.88. The molecule has 3 heterocycles. The van der Waals surface area contributed by atoms with Crippen LogP contribution < -0.4 is 5.32 Å². The van der Waals surface area contributed by atoms with E-state index < -0.39 is 0 Å². The van der Waals surface area contributed by atoms with Gasteiger partial charge in [0.25, 0.3) is 5.91 Å². The normalized spacial score (nSPS) is 20.9. The molecule has 2 aromatic heterocycles. The van der Waals surface area contributed by atoms with Crippen LogP contribution in [0.1, 0.15) is 52.8 Å². The molecule has 0 unspecified atom stereocenters. The van der Waals surface area contributed by atoms with E-state index in [2.05, 4.69) is 15.4 Å². The molecule has 1 amide bonds. The van der Waals surface area contributed by atoms with Crippen LogP contribution in [0.5, 0.6) is 0 Å². The molecule has 7 heteroatoms. The van der Waals surface area contributed by atoms with Gasteiger partial charge in [0.15, 0.2) is 11.6 Å². The fourth-order valence-corrected chi connectivity index (χ4v) is 3.04. The number of carbonyl (C=O) groups excluding carboxylic acids is 1. The summed E-state index contributed by atoms with van der Waals surface area (Å²) in [6, 6.07) is -0.0918. The molecule has 2 aromatic rings.